The maximum absolute atomic E-state index is 14.5. The number of amides is 2. The minimum Gasteiger partial charge on any atom is -0.481 e. The number of carbonyl (C=O) groups is 2. The van der Waals surface area contributed by atoms with Crippen LogP contribution in [0.3, 0.4) is 0 Å². The molecule has 0 radical (unpaired) electrons. The van der Waals surface area contributed by atoms with Gasteiger partial charge < -0.3 is 19.4 Å². The molecule has 0 saturated carbocycles. The molecule has 40 heavy (non-hydrogen) atoms. The van der Waals surface area contributed by atoms with Gasteiger partial charge in [0, 0.05) is 33.4 Å². The summed E-state index contributed by atoms with van der Waals surface area (Å²) >= 11 is 12.7. The average molecular weight is 578 g/mol. The van der Waals surface area contributed by atoms with E-state index in [1.165, 1.54) is 19.1 Å². The van der Waals surface area contributed by atoms with Crippen molar-refractivity contribution < 1.29 is 19.1 Å². The largest absolute Gasteiger partial charge is 0.481 e. The molecule has 2 aliphatic rings. The number of aryl methyl sites for hydroxylation is 1. The van der Waals surface area contributed by atoms with Crippen molar-refractivity contribution in [1.29, 1.82) is 0 Å². The second kappa shape index (κ2) is 9.25. The second-order valence-electron chi connectivity index (χ2n) is 9.93. The number of halogens is 2. The van der Waals surface area contributed by atoms with Crippen molar-refractivity contribution >= 4 is 46.4 Å². The summed E-state index contributed by atoms with van der Waals surface area (Å²) in [4.78, 5) is 39.6. The van der Waals surface area contributed by atoms with Gasteiger partial charge >= 0.3 is 0 Å². The molecule has 0 bridgehead atoms. The zero-order chi connectivity index (χ0) is 28.5. The van der Waals surface area contributed by atoms with Crippen molar-refractivity contribution in [2.75, 3.05) is 24.4 Å². The van der Waals surface area contributed by atoms with Crippen LogP contribution in [0, 0.1) is 6.92 Å². The fourth-order valence-corrected chi connectivity index (χ4v) is 6.03. The number of aromatic nitrogens is 3. The van der Waals surface area contributed by atoms with E-state index in [0.29, 0.717) is 49.9 Å². The highest BCUT2D eigenvalue weighted by atomic mass is 35.5. The van der Waals surface area contributed by atoms with E-state index >= 15 is 0 Å². The summed E-state index contributed by atoms with van der Waals surface area (Å²) in [6.07, 6.45) is 0. The van der Waals surface area contributed by atoms with E-state index in [-0.39, 0.29) is 17.6 Å². The number of hydrogen-bond donors (Lipinski definition) is 1. The smallest absolute Gasteiger partial charge is 0.280 e. The van der Waals surface area contributed by atoms with E-state index in [0.717, 1.165) is 5.56 Å². The first-order chi connectivity index (χ1) is 19.1. The molecule has 2 amide bonds. The molecule has 1 spiro atoms. The first kappa shape index (κ1) is 26.2. The molecule has 1 atom stereocenters. The number of methoxy groups -OCH3 is 2. The average Bonchev–Trinajstić information content (AvgIpc) is 3.53. The van der Waals surface area contributed by atoms with Crippen LogP contribution in [0.5, 0.6) is 11.8 Å². The van der Waals surface area contributed by atoms with Crippen molar-refractivity contribution in [1.82, 2.24) is 14.5 Å². The Morgan fingerprint density at radius 2 is 1.68 bits per heavy atom. The summed E-state index contributed by atoms with van der Waals surface area (Å²) in [5.74, 6) is 0.255. The van der Waals surface area contributed by atoms with E-state index < -0.39 is 17.4 Å². The van der Waals surface area contributed by atoms with Gasteiger partial charge in [-0.15, -0.1) is 0 Å². The predicted molar refractivity (Wildman–Crippen MR) is 153 cm³/mol. The number of carbonyl (C=O) groups excluding carboxylic acids is 2. The molecule has 6 rings (SSSR count). The lowest BCUT2D eigenvalue weighted by Crippen LogP contribution is -2.51. The monoisotopic (exact) mass is 577 g/mol. The number of benzene rings is 2. The Bertz CT molecular complexity index is 1730. The Hall–Kier alpha value is -4.08. The highest BCUT2D eigenvalue weighted by Crippen LogP contribution is 2.55. The number of ether oxygens (including phenoxy) is 2. The standard InChI is InChI=1S/C29H25Cl2N5O4/c1-14(2)35-24-23(34-25(35)18-9-11-22(39-4)33-26(18)40-5)27(37)36(21-13-17(31)7-6-15(21)3)29(24)19-10-8-16(30)12-20(19)32-28(29)38/h6-14H,1-5H3,(H,32,38)/t29-/m1/s1. The summed E-state index contributed by atoms with van der Waals surface area (Å²) in [5, 5.41) is 3.87. The zero-order valence-electron chi connectivity index (χ0n) is 22.4. The topological polar surface area (TPSA) is 98.6 Å². The van der Waals surface area contributed by atoms with Gasteiger partial charge in [-0.25, -0.2) is 4.98 Å². The van der Waals surface area contributed by atoms with Gasteiger partial charge in [-0.1, -0.05) is 35.3 Å². The molecule has 4 heterocycles. The zero-order valence-corrected chi connectivity index (χ0v) is 23.9. The first-order valence-corrected chi connectivity index (χ1v) is 13.3. The number of anilines is 2. The van der Waals surface area contributed by atoms with Gasteiger partial charge in [-0.3, -0.25) is 14.5 Å². The molecule has 9 nitrogen and oxygen atoms in total. The third kappa shape index (κ3) is 3.47. The highest BCUT2D eigenvalue weighted by molar-refractivity contribution is 6.32. The van der Waals surface area contributed by atoms with Crippen LogP contribution in [-0.4, -0.2) is 40.6 Å². The van der Waals surface area contributed by atoms with Crippen LogP contribution >= 0.6 is 23.2 Å². The fourth-order valence-electron chi connectivity index (χ4n) is 5.69. The number of pyridine rings is 1. The van der Waals surface area contributed by atoms with Gasteiger partial charge in [0.15, 0.2) is 11.2 Å². The lowest BCUT2D eigenvalue weighted by atomic mass is 9.86. The van der Waals surface area contributed by atoms with Gasteiger partial charge in [0.25, 0.3) is 11.8 Å². The molecule has 2 aliphatic heterocycles. The van der Waals surface area contributed by atoms with Crippen molar-refractivity contribution in [2.45, 2.75) is 32.4 Å². The molecule has 2 aromatic carbocycles. The molecule has 0 saturated heterocycles. The first-order valence-electron chi connectivity index (χ1n) is 12.6. The van der Waals surface area contributed by atoms with E-state index in [4.69, 9.17) is 37.7 Å². The molecule has 2 aromatic heterocycles. The van der Waals surface area contributed by atoms with Crippen LogP contribution in [0.4, 0.5) is 11.4 Å². The molecular weight excluding hydrogens is 553 g/mol. The fraction of sp³-hybridized carbons (Fsp3) is 0.241. The van der Waals surface area contributed by atoms with E-state index in [1.54, 1.807) is 42.5 Å². The van der Waals surface area contributed by atoms with Gasteiger partial charge in [0.05, 0.1) is 31.2 Å². The number of nitrogens with one attached hydrogen (secondary N) is 1. The summed E-state index contributed by atoms with van der Waals surface area (Å²) < 4.78 is 12.8. The molecule has 4 aromatic rings. The third-order valence-corrected chi connectivity index (χ3v) is 7.82. The molecule has 0 unspecified atom stereocenters. The number of rotatable bonds is 5. The maximum Gasteiger partial charge on any atom is 0.280 e. The molecule has 1 N–H and O–H groups in total. The molecular formula is C29H25Cl2N5O4. The van der Waals surface area contributed by atoms with Crippen molar-refractivity contribution in [2.24, 2.45) is 0 Å². The van der Waals surface area contributed by atoms with Gasteiger partial charge in [-0.2, -0.15) is 4.98 Å². The second-order valence-corrected chi connectivity index (χ2v) is 10.8. The summed E-state index contributed by atoms with van der Waals surface area (Å²) in [6, 6.07) is 13.7. The molecule has 204 valence electrons. The van der Waals surface area contributed by atoms with Crippen LogP contribution < -0.4 is 19.7 Å². The Morgan fingerprint density at radius 1 is 0.950 bits per heavy atom. The van der Waals surface area contributed by atoms with Crippen molar-refractivity contribution in [3.63, 3.8) is 0 Å². The van der Waals surface area contributed by atoms with Crippen molar-refractivity contribution in [3.05, 3.63) is 81.1 Å². The summed E-state index contributed by atoms with van der Waals surface area (Å²) in [7, 11) is 3.02. The lowest BCUT2D eigenvalue weighted by Gasteiger charge is -2.36. The Balaban J connectivity index is 1.73. The Morgan fingerprint density at radius 3 is 2.38 bits per heavy atom. The third-order valence-electron chi connectivity index (χ3n) is 7.35. The number of imidazole rings is 1. The van der Waals surface area contributed by atoms with Crippen LogP contribution in [0.2, 0.25) is 10.0 Å². The SMILES string of the molecule is COc1ccc(-c2nc3c(n2C(C)C)[C@]2(C(=O)Nc4cc(Cl)ccc42)N(c2cc(Cl)ccc2C)C3=O)c(OC)n1. The van der Waals surface area contributed by atoms with E-state index in [9.17, 15) is 9.59 Å². The Labute approximate surface area is 240 Å². The van der Waals surface area contributed by atoms with Gasteiger partial charge in [-0.05, 0) is 56.7 Å². The summed E-state index contributed by atoms with van der Waals surface area (Å²) in [6.45, 7) is 5.81. The van der Waals surface area contributed by atoms with E-state index in [1.807, 2.05) is 31.4 Å². The van der Waals surface area contributed by atoms with Crippen LogP contribution in [0.15, 0.2) is 48.5 Å². The number of fused-ring (bicyclic) bond motifs is 4. The molecule has 0 aliphatic carbocycles. The number of nitrogens with zero attached hydrogens (tertiary/aromatic N) is 4. The minimum atomic E-state index is -1.58. The molecule has 0 fully saturated rings. The molecule has 11 heteroatoms. The van der Waals surface area contributed by atoms with Crippen LogP contribution in [0.1, 0.15) is 47.2 Å². The maximum atomic E-state index is 14.5. The van der Waals surface area contributed by atoms with Crippen LogP contribution in [-0.2, 0) is 10.3 Å². The lowest BCUT2D eigenvalue weighted by molar-refractivity contribution is -0.119. The van der Waals surface area contributed by atoms with Gasteiger partial charge in [0.1, 0.15) is 5.82 Å². The van der Waals surface area contributed by atoms with Gasteiger partial charge in [0.2, 0.25) is 11.8 Å². The predicted octanol–water partition coefficient (Wildman–Crippen LogP) is 6.01. The Kier molecular flexibility index (Phi) is 6.05. The minimum absolute atomic E-state index is 0.152. The van der Waals surface area contributed by atoms with E-state index in [2.05, 4.69) is 10.3 Å². The van der Waals surface area contributed by atoms with Crippen LogP contribution in [0.25, 0.3) is 11.4 Å². The quantitative estimate of drug-likeness (QED) is 0.311. The summed E-state index contributed by atoms with van der Waals surface area (Å²) in [5.41, 5.74) is 1.95. The number of hydrogen-bond acceptors (Lipinski definition) is 6. The van der Waals surface area contributed by atoms with Crippen molar-refractivity contribution in [3.8, 4) is 23.1 Å². The normalized spacial score (nSPS) is 17.4. The highest BCUT2D eigenvalue weighted by Gasteiger charge is 2.64.